The van der Waals surface area contributed by atoms with E-state index in [1.54, 1.807) is 13.2 Å². The first kappa shape index (κ1) is 15.1. The Balaban J connectivity index is 2.58. The first-order chi connectivity index (χ1) is 8.58. The van der Waals surface area contributed by atoms with Gasteiger partial charge in [-0.25, -0.2) is 4.79 Å². The molecule has 0 amide bonds. The van der Waals surface area contributed by atoms with Gasteiger partial charge in [0, 0.05) is 31.2 Å². The lowest BCUT2D eigenvalue weighted by molar-refractivity contribution is 0.0702. The molecule has 1 rings (SSSR count). The van der Waals surface area contributed by atoms with Crippen LogP contribution in [0.15, 0.2) is 6.07 Å². The highest BCUT2D eigenvalue weighted by Gasteiger charge is 2.13. The van der Waals surface area contributed by atoms with E-state index in [1.807, 2.05) is 6.92 Å². The maximum atomic E-state index is 10.8. The molecule has 0 aliphatic heterocycles. The highest BCUT2D eigenvalue weighted by atomic mass is 32.1. The largest absolute Gasteiger partial charge is 0.477 e. The quantitative estimate of drug-likeness (QED) is 0.664. The first-order valence-corrected chi connectivity index (χ1v) is 6.56. The standard InChI is InChI=1S/C12H19NO4S/c1-8-9(5-11(18-8)12(15)16)6-13-10(3-4-14)7-17-2/h5,10,13-14H,3-4,6-7H2,1-2H3,(H,15,16). The summed E-state index contributed by atoms with van der Waals surface area (Å²) in [6.45, 7) is 3.12. The van der Waals surface area contributed by atoms with Crippen molar-refractivity contribution in [3.05, 3.63) is 21.4 Å². The monoisotopic (exact) mass is 273 g/mol. The van der Waals surface area contributed by atoms with Gasteiger partial charge in [0.15, 0.2) is 0 Å². The predicted octanol–water partition coefficient (Wildman–Crippen LogP) is 1.24. The summed E-state index contributed by atoms with van der Waals surface area (Å²) in [5, 5.41) is 21.1. The number of methoxy groups -OCH3 is 1. The summed E-state index contributed by atoms with van der Waals surface area (Å²) < 4.78 is 5.05. The molecule has 102 valence electrons. The molecule has 6 heteroatoms. The highest BCUT2D eigenvalue weighted by Crippen LogP contribution is 2.21. The van der Waals surface area contributed by atoms with Crippen LogP contribution in [0.1, 0.15) is 26.5 Å². The fourth-order valence-corrected chi connectivity index (χ4v) is 2.54. The van der Waals surface area contributed by atoms with Gasteiger partial charge in [-0.05, 0) is 25.0 Å². The van der Waals surface area contributed by atoms with Crippen LogP contribution in [0.2, 0.25) is 0 Å². The minimum Gasteiger partial charge on any atom is -0.477 e. The zero-order chi connectivity index (χ0) is 13.5. The predicted molar refractivity (Wildman–Crippen MR) is 70.2 cm³/mol. The Bertz CT molecular complexity index is 385. The summed E-state index contributed by atoms with van der Waals surface area (Å²) in [6, 6.07) is 1.77. The number of ether oxygens (including phenoxy) is 1. The van der Waals surface area contributed by atoms with E-state index < -0.39 is 5.97 Å². The number of aliphatic hydroxyl groups is 1. The van der Waals surface area contributed by atoms with Crippen molar-refractivity contribution in [1.82, 2.24) is 5.32 Å². The summed E-state index contributed by atoms with van der Waals surface area (Å²) in [7, 11) is 1.62. The SMILES string of the molecule is COCC(CCO)NCc1cc(C(=O)O)sc1C. The van der Waals surface area contributed by atoms with E-state index >= 15 is 0 Å². The Kier molecular flexibility index (Phi) is 6.28. The Labute approximate surface area is 110 Å². The van der Waals surface area contributed by atoms with Crippen LogP contribution in [0.25, 0.3) is 0 Å². The molecular formula is C12H19NO4S. The Morgan fingerprint density at radius 2 is 2.33 bits per heavy atom. The third-order valence-corrected chi connectivity index (χ3v) is 3.74. The second kappa shape index (κ2) is 7.48. The van der Waals surface area contributed by atoms with Crippen molar-refractivity contribution in [2.75, 3.05) is 20.3 Å². The number of carbonyl (C=O) groups is 1. The number of carboxylic acid groups (broad SMARTS) is 1. The van der Waals surface area contributed by atoms with Crippen molar-refractivity contribution in [2.45, 2.75) is 25.9 Å². The van der Waals surface area contributed by atoms with Crippen LogP contribution in [0.3, 0.4) is 0 Å². The van der Waals surface area contributed by atoms with E-state index in [0.29, 0.717) is 24.4 Å². The van der Waals surface area contributed by atoms with Gasteiger partial charge in [0.1, 0.15) is 4.88 Å². The molecule has 0 aliphatic rings. The fraction of sp³-hybridized carbons (Fsp3) is 0.583. The summed E-state index contributed by atoms with van der Waals surface area (Å²) in [5.41, 5.74) is 0.983. The minimum atomic E-state index is -0.891. The van der Waals surface area contributed by atoms with Crippen molar-refractivity contribution in [3.8, 4) is 0 Å². The van der Waals surface area contributed by atoms with Crippen LogP contribution >= 0.6 is 11.3 Å². The summed E-state index contributed by atoms with van der Waals surface area (Å²) in [6.07, 6.45) is 0.614. The number of rotatable bonds is 8. The lowest BCUT2D eigenvalue weighted by Crippen LogP contribution is -2.33. The molecule has 1 unspecified atom stereocenters. The Morgan fingerprint density at radius 1 is 1.61 bits per heavy atom. The Hall–Kier alpha value is -0.950. The van der Waals surface area contributed by atoms with Crippen LogP contribution in [-0.2, 0) is 11.3 Å². The van der Waals surface area contributed by atoms with Crippen molar-refractivity contribution in [3.63, 3.8) is 0 Å². The first-order valence-electron chi connectivity index (χ1n) is 5.74. The van der Waals surface area contributed by atoms with Crippen molar-refractivity contribution in [1.29, 1.82) is 0 Å². The zero-order valence-electron chi connectivity index (χ0n) is 10.6. The molecule has 3 N–H and O–H groups in total. The number of aliphatic hydroxyl groups excluding tert-OH is 1. The van der Waals surface area contributed by atoms with Gasteiger partial charge in [-0.1, -0.05) is 0 Å². The van der Waals surface area contributed by atoms with E-state index in [9.17, 15) is 4.79 Å². The van der Waals surface area contributed by atoms with Crippen molar-refractivity contribution in [2.24, 2.45) is 0 Å². The normalized spacial score (nSPS) is 12.6. The van der Waals surface area contributed by atoms with Gasteiger partial charge in [0.2, 0.25) is 0 Å². The average molecular weight is 273 g/mol. The number of aromatic carboxylic acids is 1. The van der Waals surface area contributed by atoms with Crippen LogP contribution in [0, 0.1) is 6.92 Å². The van der Waals surface area contributed by atoms with Gasteiger partial charge in [-0.15, -0.1) is 11.3 Å². The number of aryl methyl sites for hydroxylation is 1. The molecule has 1 atom stereocenters. The molecule has 1 heterocycles. The van der Waals surface area contributed by atoms with Crippen LogP contribution in [0.5, 0.6) is 0 Å². The Morgan fingerprint density at radius 3 is 2.83 bits per heavy atom. The minimum absolute atomic E-state index is 0.0765. The second-order valence-corrected chi connectivity index (χ2v) is 5.30. The van der Waals surface area contributed by atoms with Gasteiger partial charge in [-0.3, -0.25) is 0 Å². The molecule has 1 aromatic heterocycles. The number of hydrogen-bond donors (Lipinski definition) is 3. The summed E-state index contributed by atoms with van der Waals surface area (Å²) in [4.78, 5) is 12.2. The number of carboxylic acids is 1. The molecule has 0 aromatic carbocycles. The highest BCUT2D eigenvalue weighted by molar-refractivity contribution is 7.14. The van der Waals surface area contributed by atoms with Gasteiger partial charge >= 0.3 is 5.97 Å². The third-order valence-electron chi connectivity index (χ3n) is 2.66. The van der Waals surface area contributed by atoms with E-state index in [4.69, 9.17) is 14.9 Å². The molecule has 18 heavy (non-hydrogen) atoms. The van der Waals surface area contributed by atoms with E-state index in [-0.39, 0.29) is 12.6 Å². The number of thiophene rings is 1. The maximum absolute atomic E-state index is 10.8. The zero-order valence-corrected chi connectivity index (χ0v) is 11.4. The molecule has 0 saturated carbocycles. The maximum Gasteiger partial charge on any atom is 0.345 e. The molecular weight excluding hydrogens is 254 g/mol. The molecule has 0 radical (unpaired) electrons. The van der Waals surface area contributed by atoms with Crippen LogP contribution in [0.4, 0.5) is 0 Å². The van der Waals surface area contributed by atoms with Gasteiger partial charge < -0.3 is 20.3 Å². The smallest absolute Gasteiger partial charge is 0.345 e. The fourth-order valence-electron chi connectivity index (χ4n) is 1.66. The van der Waals surface area contributed by atoms with Crippen LogP contribution in [-0.4, -0.2) is 42.5 Å². The average Bonchev–Trinajstić information content (AvgIpc) is 2.68. The molecule has 0 saturated heterocycles. The lowest BCUT2D eigenvalue weighted by Gasteiger charge is -2.16. The second-order valence-electron chi connectivity index (χ2n) is 4.04. The lowest BCUT2D eigenvalue weighted by atomic mass is 10.2. The van der Waals surface area contributed by atoms with Crippen LogP contribution < -0.4 is 5.32 Å². The number of nitrogens with one attached hydrogen (secondary N) is 1. The number of hydrogen-bond acceptors (Lipinski definition) is 5. The topological polar surface area (TPSA) is 78.8 Å². The van der Waals surface area contributed by atoms with Gasteiger partial charge in [0.05, 0.1) is 6.61 Å². The summed E-state index contributed by atoms with van der Waals surface area (Å²) >= 11 is 1.28. The van der Waals surface area contributed by atoms with Crippen molar-refractivity contribution >= 4 is 17.3 Å². The third kappa shape index (κ3) is 4.38. The molecule has 5 nitrogen and oxygen atoms in total. The van der Waals surface area contributed by atoms with Gasteiger partial charge in [-0.2, -0.15) is 0 Å². The van der Waals surface area contributed by atoms with E-state index in [0.717, 1.165) is 10.4 Å². The van der Waals surface area contributed by atoms with E-state index in [2.05, 4.69) is 5.32 Å². The molecule has 0 spiro atoms. The molecule has 0 aliphatic carbocycles. The molecule has 1 aromatic rings. The van der Waals surface area contributed by atoms with E-state index in [1.165, 1.54) is 11.3 Å². The molecule has 0 fully saturated rings. The van der Waals surface area contributed by atoms with Gasteiger partial charge in [0.25, 0.3) is 0 Å². The summed E-state index contributed by atoms with van der Waals surface area (Å²) in [5.74, 6) is -0.891. The molecule has 0 bridgehead atoms. The van der Waals surface area contributed by atoms with Crippen molar-refractivity contribution < 1.29 is 19.7 Å².